The van der Waals surface area contributed by atoms with Gasteiger partial charge in [0.2, 0.25) is 5.69 Å². The molecule has 0 saturated carbocycles. The lowest BCUT2D eigenvalue weighted by molar-refractivity contribution is -0.359. The van der Waals surface area contributed by atoms with Crippen molar-refractivity contribution in [3.63, 3.8) is 0 Å². The van der Waals surface area contributed by atoms with Gasteiger partial charge in [0.1, 0.15) is 0 Å². The summed E-state index contributed by atoms with van der Waals surface area (Å²) in [4.78, 5) is 0. The summed E-state index contributed by atoms with van der Waals surface area (Å²) in [5.74, 6) is 0. The van der Waals surface area contributed by atoms with Crippen LogP contribution in [0.15, 0.2) is 18.2 Å². The van der Waals surface area contributed by atoms with E-state index in [4.69, 9.17) is 11.6 Å². The smallest absolute Gasteiger partial charge is 0.220 e. The van der Waals surface area contributed by atoms with Crippen molar-refractivity contribution < 1.29 is 4.74 Å². The fourth-order valence-electron chi connectivity index (χ4n) is 1.43. The molecule has 2 rings (SSSR count). The number of hydrogen-bond acceptors (Lipinski definition) is 1. The first kappa shape index (κ1) is 7.62. The molecule has 0 aromatic heterocycles. The molecule has 12 heavy (non-hydrogen) atoms. The molecule has 0 fully saturated rings. The SMILES string of the molecule is [O-][N+]1=CCCc2c(Cl)cccc21. The van der Waals surface area contributed by atoms with Gasteiger partial charge in [-0.25, -0.2) is 0 Å². The van der Waals surface area contributed by atoms with Gasteiger partial charge in [0.05, 0.1) is 5.02 Å². The fraction of sp³-hybridized carbons (Fsp3) is 0.222. The van der Waals surface area contributed by atoms with Crippen molar-refractivity contribution >= 4 is 23.5 Å². The number of benzene rings is 1. The summed E-state index contributed by atoms with van der Waals surface area (Å²) in [6, 6.07) is 5.41. The summed E-state index contributed by atoms with van der Waals surface area (Å²) in [6.45, 7) is 0. The Kier molecular flexibility index (Phi) is 1.77. The van der Waals surface area contributed by atoms with E-state index in [9.17, 15) is 5.21 Å². The van der Waals surface area contributed by atoms with Crippen LogP contribution in [0.5, 0.6) is 0 Å². The predicted octanol–water partition coefficient (Wildman–Crippen LogP) is 2.50. The minimum atomic E-state index is 0.689. The Morgan fingerprint density at radius 3 is 3.00 bits per heavy atom. The average molecular weight is 182 g/mol. The summed E-state index contributed by atoms with van der Waals surface area (Å²) in [7, 11) is 0. The molecular formula is C9H8ClNO. The Balaban J connectivity index is 2.62. The van der Waals surface area contributed by atoms with Crippen LogP contribution < -0.4 is 0 Å². The fourth-order valence-corrected chi connectivity index (χ4v) is 1.69. The van der Waals surface area contributed by atoms with Gasteiger partial charge in [-0.15, -0.1) is 0 Å². The van der Waals surface area contributed by atoms with Crippen molar-refractivity contribution in [2.24, 2.45) is 0 Å². The number of nitrogens with zero attached hydrogens (tertiary/aromatic N) is 1. The third-order valence-corrected chi connectivity index (χ3v) is 2.37. The molecule has 0 saturated heterocycles. The van der Waals surface area contributed by atoms with Gasteiger partial charge in [-0.1, -0.05) is 17.7 Å². The molecule has 0 aliphatic carbocycles. The minimum Gasteiger partial charge on any atom is -0.619 e. The maximum absolute atomic E-state index is 11.2. The average Bonchev–Trinajstić information content (AvgIpc) is 2.07. The van der Waals surface area contributed by atoms with Gasteiger partial charge in [-0.2, -0.15) is 4.74 Å². The molecule has 0 spiro atoms. The third kappa shape index (κ3) is 1.08. The molecule has 62 valence electrons. The van der Waals surface area contributed by atoms with Crippen molar-refractivity contribution in [1.29, 1.82) is 0 Å². The summed E-state index contributed by atoms with van der Waals surface area (Å²) < 4.78 is 0.894. The van der Waals surface area contributed by atoms with Crippen LogP contribution in [0.2, 0.25) is 5.02 Å². The molecule has 0 radical (unpaired) electrons. The molecule has 1 aliphatic rings. The molecular weight excluding hydrogens is 174 g/mol. The van der Waals surface area contributed by atoms with E-state index in [1.54, 1.807) is 18.3 Å². The Morgan fingerprint density at radius 1 is 1.42 bits per heavy atom. The van der Waals surface area contributed by atoms with Crippen molar-refractivity contribution in [2.75, 3.05) is 0 Å². The van der Waals surface area contributed by atoms with Gasteiger partial charge < -0.3 is 5.21 Å². The van der Waals surface area contributed by atoms with E-state index < -0.39 is 0 Å². The summed E-state index contributed by atoms with van der Waals surface area (Å²) >= 11 is 5.93. The van der Waals surface area contributed by atoms with Crippen molar-refractivity contribution in [1.82, 2.24) is 0 Å². The van der Waals surface area contributed by atoms with E-state index in [1.165, 1.54) is 0 Å². The molecule has 0 atom stereocenters. The van der Waals surface area contributed by atoms with E-state index in [1.807, 2.05) is 6.07 Å². The van der Waals surface area contributed by atoms with Crippen LogP contribution in [0.1, 0.15) is 12.0 Å². The largest absolute Gasteiger partial charge is 0.619 e. The zero-order chi connectivity index (χ0) is 8.55. The lowest BCUT2D eigenvalue weighted by Crippen LogP contribution is -2.08. The first-order valence-corrected chi connectivity index (χ1v) is 4.24. The zero-order valence-corrected chi connectivity index (χ0v) is 7.21. The first-order valence-electron chi connectivity index (χ1n) is 3.86. The molecule has 0 bridgehead atoms. The number of rotatable bonds is 0. The van der Waals surface area contributed by atoms with Gasteiger partial charge in [-0.3, -0.25) is 0 Å². The number of halogens is 1. The van der Waals surface area contributed by atoms with Crippen LogP contribution in [-0.4, -0.2) is 11.0 Å². The van der Waals surface area contributed by atoms with Gasteiger partial charge in [0.15, 0.2) is 6.21 Å². The van der Waals surface area contributed by atoms with Crippen LogP contribution in [0.4, 0.5) is 5.69 Å². The quantitative estimate of drug-likeness (QED) is 0.446. The van der Waals surface area contributed by atoms with E-state index in [0.29, 0.717) is 10.7 Å². The van der Waals surface area contributed by atoms with E-state index >= 15 is 0 Å². The molecule has 3 heteroatoms. The van der Waals surface area contributed by atoms with Crippen LogP contribution in [0.25, 0.3) is 0 Å². The van der Waals surface area contributed by atoms with Crippen LogP contribution >= 0.6 is 11.6 Å². The minimum absolute atomic E-state index is 0.689. The highest BCUT2D eigenvalue weighted by molar-refractivity contribution is 6.31. The van der Waals surface area contributed by atoms with Gasteiger partial charge in [0.25, 0.3) is 0 Å². The topological polar surface area (TPSA) is 26.1 Å². The maximum atomic E-state index is 11.2. The highest BCUT2D eigenvalue weighted by atomic mass is 35.5. The van der Waals surface area contributed by atoms with Crippen LogP contribution in [0.3, 0.4) is 0 Å². The van der Waals surface area contributed by atoms with E-state index in [0.717, 1.165) is 23.1 Å². The first-order chi connectivity index (χ1) is 5.79. The Labute approximate surface area is 75.7 Å². The summed E-state index contributed by atoms with van der Waals surface area (Å²) in [5, 5.41) is 11.9. The molecule has 1 aromatic rings. The number of fused-ring (bicyclic) bond motifs is 1. The highest BCUT2D eigenvalue weighted by Crippen LogP contribution is 2.29. The molecule has 0 amide bonds. The Morgan fingerprint density at radius 2 is 2.25 bits per heavy atom. The van der Waals surface area contributed by atoms with Crippen molar-refractivity contribution in [3.8, 4) is 0 Å². The second-order valence-electron chi connectivity index (χ2n) is 2.78. The normalized spacial score (nSPS) is 15.2. The summed E-state index contributed by atoms with van der Waals surface area (Å²) in [6.07, 6.45) is 3.28. The second-order valence-corrected chi connectivity index (χ2v) is 3.19. The third-order valence-electron chi connectivity index (χ3n) is 2.02. The molecule has 1 aliphatic heterocycles. The van der Waals surface area contributed by atoms with Crippen LogP contribution in [0, 0.1) is 5.21 Å². The van der Waals surface area contributed by atoms with E-state index in [-0.39, 0.29) is 0 Å². The standard InChI is InChI=1S/C9H8ClNO/c10-8-4-1-5-9-7(8)3-2-6-11(9)12/h1,4-6H,2-3H2. The van der Waals surface area contributed by atoms with Gasteiger partial charge in [0, 0.05) is 18.1 Å². The lowest BCUT2D eigenvalue weighted by Gasteiger charge is -2.13. The van der Waals surface area contributed by atoms with E-state index in [2.05, 4.69) is 0 Å². The number of hydrogen-bond donors (Lipinski definition) is 0. The maximum Gasteiger partial charge on any atom is 0.220 e. The van der Waals surface area contributed by atoms with Crippen molar-refractivity contribution in [3.05, 3.63) is 34.0 Å². The van der Waals surface area contributed by atoms with Crippen molar-refractivity contribution in [2.45, 2.75) is 12.8 Å². The Hall–Kier alpha value is -1.02. The van der Waals surface area contributed by atoms with Gasteiger partial charge >= 0.3 is 0 Å². The predicted molar refractivity (Wildman–Crippen MR) is 49.1 cm³/mol. The second kappa shape index (κ2) is 2.79. The highest BCUT2D eigenvalue weighted by Gasteiger charge is 2.16. The van der Waals surface area contributed by atoms with Crippen LogP contribution in [-0.2, 0) is 6.42 Å². The summed E-state index contributed by atoms with van der Waals surface area (Å²) in [5.41, 5.74) is 1.66. The Bertz CT molecular complexity index is 346. The monoisotopic (exact) mass is 181 g/mol. The zero-order valence-electron chi connectivity index (χ0n) is 6.46. The molecule has 2 nitrogen and oxygen atoms in total. The molecule has 1 aromatic carbocycles. The van der Waals surface area contributed by atoms with Gasteiger partial charge in [-0.05, 0) is 12.5 Å². The molecule has 0 unspecified atom stereocenters. The molecule has 1 heterocycles. The lowest BCUT2D eigenvalue weighted by atomic mass is 10.1. The molecule has 0 N–H and O–H groups in total.